The summed E-state index contributed by atoms with van der Waals surface area (Å²) in [6.45, 7) is 1.64. The molecule has 6 nitrogen and oxygen atoms in total. The molecule has 19 heavy (non-hydrogen) atoms. The maximum absolute atomic E-state index is 13.0. The Bertz CT molecular complexity index is 523. The number of amides is 3. The lowest BCUT2D eigenvalue weighted by Crippen LogP contribution is -2.47. The van der Waals surface area contributed by atoms with Crippen molar-refractivity contribution in [3.63, 3.8) is 0 Å². The minimum absolute atomic E-state index is 0.0191. The van der Waals surface area contributed by atoms with Gasteiger partial charge in [0.2, 0.25) is 0 Å². The first kappa shape index (κ1) is 13.4. The van der Waals surface area contributed by atoms with Crippen LogP contribution in [0.4, 0.5) is 9.18 Å². The summed E-state index contributed by atoms with van der Waals surface area (Å²) in [5.41, 5.74) is -0.628. The van der Waals surface area contributed by atoms with E-state index in [4.69, 9.17) is 4.74 Å². The number of aromatic nitrogens is 1. The molecule has 0 aliphatic carbocycles. The number of hydrogen-bond acceptors (Lipinski definition) is 4. The molecule has 2 rings (SSSR count). The van der Waals surface area contributed by atoms with Crippen LogP contribution in [0.2, 0.25) is 0 Å². The highest BCUT2D eigenvalue weighted by atomic mass is 19.1. The molecule has 0 bridgehead atoms. The average Bonchev–Trinajstić information content (AvgIpc) is 2.54. The van der Waals surface area contributed by atoms with Crippen LogP contribution in [-0.2, 0) is 16.1 Å². The monoisotopic (exact) mass is 267 g/mol. The first-order valence-electron chi connectivity index (χ1n) is 5.69. The van der Waals surface area contributed by atoms with Crippen LogP contribution >= 0.6 is 0 Å². The fourth-order valence-corrected chi connectivity index (χ4v) is 2.00. The van der Waals surface area contributed by atoms with Crippen LogP contribution in [0.5, 0.6) is 0 Å². The summed E-state index contributed by atoms with van der Waals surface area (Å²) in [5.74, 6) is -0.909. The second-order valence-corrected chi connectivity index (χ2v) is 4.60. The molecule has 1 saturated heterocycles. The van der Waals surface area contributed by atoms with Crippen LogP contribution in [0.25, 0.3) is 0 Å². The zero-order chi connectivity index (χ0) is 14.0. The number of rotatable bonds is 4. The third-order valence-corrected chi connectivity index (χ3v) is 2.88. The molecule has 3 amide bonds. The summed E-state index contributed by atoms with van der Waals surface area (Å²) < 4.78 is 18.0. The Morgan fingerprint density at radius 1 is 1.47 bits per heavy atom. The van der Waals surface area contributed by atoms with Gasteiger partial charge >= 0.3 is 6.03 Å². The summed E-state index contributed by atoms with van der Waals surface area (Å²) >= 11 is 0. The average molecular weight is 267 g/mol. The number of hydrogen-bond donors (Lipinski definition) is 1. The van der Waals surface area contributed by atoms with E-state index in [0.29, 0.717) is 5.56 Å². The molecule has 7 heteroatoms. The minimum Gasteiger partial charge on any atom is -0.382 e. The van der Waals surface area contributed by atoms with E-state index in [9.17, 15) is 14.0 Å². The lowest BCUT2D eigenvalue weighted by Gasteiger charge is -2.20. The highest BCUT2D eigenvalue weighted by Crippen LogP contribution is 2.20. The molecular weight excluding hydrogens is 253 g/mol. The number of carbonyl (C=O) groups is 2. The van der Waals surface area contributed by atoms with E-state index in [2.05, 4.69) is 10.3 Å². The fourth-order valence-electron chi connectivity index (χ4n) is 2.00. The van der Waals surface area contributed by atoms with Crippen molar-refractivity contribution in [3.8, 4) is 0 Å². The lowest BCUT2D eigenvalue weighted by molar-refractivity contribution is -0.132. The molecule has 1 aromatic heterocycles. The third kappa shape index (κ3) is 2.55. The zero-order valence-corrected chi connectivity index (χ0v) is 10.6. The first-order valence-corrected chi connectivity index (χ1v) is 5.69. The summed E-state index contributed by atoms with van der Waals surface area (Å²) in [7, 11) is 1.45. The van der Waals surface area contributed by atoms with Gasteiger partial charge in [-0.15, -0.1) is 0 Å². The predicted molar refractivity (Wildman–Crippen MR) is 63.6 cm³/mol. The quantitative estimate of drug-likeness (QED) is 0.814. The van der Waals surface area contributed by atoms with Crippen molar-refractivity contribution in [2.45, 2.75) is 19.0 Å². The molecular formula is C12H14FN3O3. The molecule has 1 atom stereocenters. The Labute approximate surface area is 109 Å². The Hall–Kier alpha value is -2.02. The highest BCUT2D eigenvalue weighted by Gasteiger charge is 2.47. The van der Waals surface area contributed by atoms with Crippen molar-refractivity contribution in [1.29, 1.82) is 0 Å². The lowest BCUT2D eigenvalue weighted by atomic mass is 10.0. The fraction of sp³-hybridized carbons (Fsp3) is 0.417. The van der Waals surface area contributed by atoms with E-state index in [1.807, 2.05) is 0 Å². The normalized spacial score (nSPS) is 22.8. The molecule has 0 radical (unpaired) electrons. The van der Waals surface area contributed by atoms with Crippen LogP contribution in [0.1, 0.15) is 12.5 Å². The van der Waals surface area contributed by atoms with Gasteiger partial charge in [0.05, 0.1) is 19.3 Å². The van der Waals surface area contributed by atoms with Crippen LogP contribution in [0, 0.1) is 5.82 Å². The summed E-state index contributed by atoms with van der Waals surface area (Å²) in [6, 6.07) is 0.716. The van der Waals surface area contributed by atoms with Crippen molar-refractivity contribution in [3.05, 3.63) is 29.8 Å². The maximum atomic E-state index is 13.0. The smallest absolute Gasteiger partial charge is 0.325 e. The highest BCUT2D eigenvalue weighted by molar-refractivity contribution is 6.06. The molecule has 1 aromatic rings. The van der Waals surface area contributed by atoms with Gasteiger partial charge in [-0.25, -0.2) is 9.18 Å². The van der Waals surface area contributed by atoms with E-state index < -0.39 is 23.3 Å². The molecule has 1 unspecified atom stereocenters. The van der Waals surface area contributed by atoms with E-state index in [0.717, 1.165) is 11.1 Å². The summed E-state index contributed by atoms with van der Waals surface area (Å²) in [6.07, 6.45) is 2.47. The molecule has 1 N–H and O–H groups in total. The van der Waals surface area contributed by atoms with Gasteiger partial charge in [-0.3, -0.25) is 14.7 Å². The van der Waals surface area contributed by atoms with Crippen molar-refractivity contribution in [2.24, 2.45) is 0 Å². The van der Waals surface area contributed by atoms with Crippen LogP contribution in [-0.4, -0.2) is 41.1 Å². The number of nitrogens with zero attached hydrogens (tertiary/aromatic N) is 2. The van der Waals surface area contributed by atoms with Crippen LogP contribution < -0.4 is 5.32 Å². The van der Waals surface area contributed by atoms with Gasteiger partial charge in [0.25, 0.3) is 5.91 Å². The van der Waals surface area contributed by atoms with Gasteiger partial charge in [-0.1, -0.05) is 0 Å². The number of carbonyl (C=O) groups excluding carboxylic acids is 2. The number of halogens is 1. The Balaban J connectivity index is 2.17. The zero-order valence-electron chi connectivity index (χ0n) is 10.6. The summed E-state index contributed by atoms with van der Waals surface area (Å²) in [4.78, 5) is 28.7. The van der Waals surface area contributed by atoms with Gasteiger partial charge < -0.3 is 10.1 Å². The van der Waals surface area contributed by atoms with Gasteiger partial charge in [0, 0.05) is 13.3 Å². The summed E-state index contributed by atoms with van der Waals surface area (Å²) in [5, 5.41) is 2.56. The minimum atomic E-state index is -1.08. The second kappa shape index (κ2) is 4.93. The van der Waals surface area contributed by atoms with E-state index in [1.54, 1.807) is 6.92 Å². The van der Waals surface area contributed by atoms with Crippen molar-refractivity contribution in [2.75, 3.05) is 13.7 Å². The largest absolute Gasteiger partial charge is 0.382 e. The molecule has 0 saturated carbocycles. The van der Waals surface area contributed by atoms with Gasteiger partial charge in [0.15, 0.2) is 0 Å². The second-order valence-electron chi connectivity index (χ2n) is 4.60. The van der Waals surface area contributed by atoms with E-state index in [-0.39, 0.29) is 13.2 Å². The SMILES string of the molecule is COCC1(C)NC(=O)N(Cc2cncc(F)c2)C1=O. The molecule has 2 heterocycles. The van der Waals surface area contributed by atoms with Crippen molar-refractivity contribution in [1.82, 2.24) is 15.2 Å². The van der Waals surface area contributed by atoms with E-state index in [1.165, 1.54) is 19.4 Å². The number of methoxy groups -OCH3 is 1. The molecule has 0 aromatic carbocycles. The topological polar surface area (TPSA) is 71.5 Å². The van der Waals surface area contributed by atoms with Gasteiger partial charge in [0.1, 0.15) is 11.4 Å². The standard InChI is InChI=1S/C12H14FN3O3/c1-12(7-19-2)10(17)16(11(18)15-12)6-8-3-9(13)5-14-4-8/h3-5H,6-7H2,1-2H3,(H,15,18). The van der Waals surface area contributed by atoms with Crippen LogP contribution in [0.15, 0.2) is 18.5 Å². The third-order valence-electron chi connectivity index (χ3n) is 2.88. The van der Waals surface area contributed by atoms with Crippen LogP contribution in [0.3, 0.4) is 0 Å². The maximum Gasteiger partial charge on any atom is 0.325 e. The number of nitrogens with one attached hydrogen (secondary N) is 1. The Morgan fingerprint density at radius 2 is 2.21 bits per heavy atom. The number of ether oxygens (including phenoxy) is 1. The molecule has 1 fully saturated rings. The Morgan fingerprint density at radius 3 is 2.84 bits per heavy atom. The van der Waals surface area contributed by atoms with Crippen molar-refractivity contribution >= 4 is 11.9 Å². The molecule has 1 aliphatic rings. The van der Waals surface area contributed by atoms with Gasteiger partial charge in [-0.05, 0) is 18.6 Å². The van der Waals surface area contributed by atoms with Gasteiger partial charge in [-0.2, -0.15) is 0 Å². The molecule has 1 aliphatic heterocycles. The molecule has 0 spiro atoms. The number of pyridine rings is 1. The van der Waals surface area contributed by atoms with Crippen molar-refractivity contribution < 1.29 is 18.7 Å². The molecule has 102 valence electrons. The predicted octanol–water partition coefficient (Wildman–Crippen LogP) is 0.678. The Kier molecular flexibility index (Phi) is 3.48. The van der Waals surface area contributed by atoms with E-state index >= 15 is 0 Å². The number of imide groups is 1. The number of urea groups is 1. The first-order chi connectivity index (χ1) is 8.96.